The molecular formula is C19H19N3O. The van der Waals surface area contributed by atoms with Crippen LogP contribution in [0.1, 0.15) is 23.9 Å². The lowest BCUT2D eigenvalue weighted by atomic mass is 10.1. The standard InChI is InChI=1S/C19H19N3O/c1-13-7-9-15(10-8-13)19-20-18(23-21-19)12-22-14(2)11-16-5-3-4-6-17(16)22/h3-10,14H,11-12H2,1-2H3/t14-/m0/s1. The first-order valence-electron chi connectivity index (χ1n) is 7.95. The number of anilines is 1. The van der Waals surface area contributed by atoms with E-state index in [0.29, 0.717) is 24.3 Å². The van der Waals surface area contributed by atoms with E-state index in [0.717, 1.165) is 12.0 Å². The van der Waals surface area contributed by atoms with E-state index in [4.69, 9.17) is 4.52 Å². The molecule has 4 rings (SSSR count). The molecule has 0 radical (unpaired) electrons. The van der Waals surface area contributed by atoms with Crippen molar-refractivity contribution in [3.63, 3.8) is 0 Å². The Morgan fingerprint density at radius 3 is 2.74 bits per heavy atom. The number of benzene rings is 2. The number of nitrogens with zero attached hydrogens (tertiary/aromatic N) is 3. The van der Waals surface area contributed by atoms with Crippen LogP contribution in [0.25, 0.3) is 11.4 Å². The topological polar surface area (TPSA) is 42.2 Å². The minimum Gasteiger partial charge on any atom is -0.359 e. The van der Waals surface area contributed by atoms with E-state index >= 15 is 0 Å². The minimum absolute atomic E-state index is 0.446. The average molecular weight is 305 g/mol. The van der Waals surface area contributed by atoms with Gasteiger partial charge in [0.1, 0.15) is 0 Å². The summed E-state index contributed by atoms with van der Waals surface area (Å²) < 4.78 is 5.47. The van der Waals surface area contributed by atoms with Crippen molar-refractivity contribution in [2.45, 2.75) is 32.9 Å². The maximum absolute atomic E-state index is 5.47. The van der Waals surface area contributed by atoms with Crippen molar-refractivity contribution >= 4 is 5.69 Å². The Labute approximate surface area is 135 Å². The zero-order valence-corrected chi connectivity index (χ0v) is 13.4. The van der Waals surface area contributed by atoms with Gasteiger partial charge in [-0.05, 0) is 31.9 Å². The van der Waals surface area contributed by atoms with Crippen molar-refractivity contribution in [3.05, 3.63) is 65.5 Å². The predicted octanol–water partition coefficient (Wildman–Crippen LogP) is 4.00. The van der Waals surface area contributed by atoms with Crippen LogP contribution in [0.2, 0.25) is 0 Å². The number of para-hydroxylation sites is 1. The Hall–Kier alpha value is -2.62. The molecule has 0 saturated carbocycles. The van der Waals surface area contributed by atoms with Gasteiger partial charge >= 0.3 is 0 Å². The number of aryl methyl sites for hydroxylation is 1. The highest BCUT2D eigenvalue weighted by atomic mass is 16.5. The van der Waals surface area contributed by atoms with Gasteiger partial charge in [0.2, 0.25) is 11.7 Å². The molecule has 1 aliphatic rings. The highest BCUT2D eigenvalue weighted by molar-refractivity contribution is 5.59. The predicted molar refractivity (Wildman–Crippen MR) is 90.3 cm³/mol. The molecule has 0 spiro atoms. The number of fused-ring (bicyclic) bond motifs is 1. The van der Waals surface area contributed by atoms with Gasteiger partial charge in [-0.3, -0.25) is 0 Å². The van der Waals surface area contributed by atoms with Crippen LogP contribution in [-0.2, 0) is 13.0 Å². The van der Waals surface area contributed by atoms with E-state index in [-0.39, 0.29) is 0 Å². The van der Waals surface area contributed by atoms with Crippen LogP contribution in [0.4, 0.5) is 5.69 Å². The number of hydrogen-bond donors (Lipinski definition) is 0. The molecule has 2 heterocycles. The van der Waals surface area contributed by atoms with E-state index in [2.05, 4.69) is 65.3 Å². The molecule has 0 unspecified atom stereocenters. The fourth-order valence-electron chi connectivity index (χ4n) is 3.16. The molecule has 0 saturated heterocycles. The molecule has 0 fully saturated rings. The second-order valence-corrected chi connectivity index (χ2v) is 6.19. The minimum atomic E-state index is 0.446. The summed E-state index contributed by atoms with van der Waals surface area (Å²) in [5.41, 5.74) is 4.87. The summed E-state index contributed by atoms with van der Waals surface area (Å²) in [6.45, 7) is 4.95. The second-order valence-electron chi connectivity index (χ2n) is 6.19. The lowest BCUT2D eigenvalue weighted by Crippen LogP contribution is -2.28. The number of hydrogen-bond acceptors (Lipinski definition) is 4. The monoisotopic (exact) mass is 305 g/mol. The Morgan fingerprint density at radius 2 is 1.91 bits per heavy atom. The first-order valence-corrected chi connectivity index (χ1v) is 7.95. The van der Waals surface area contributed by atoms with Crippen LogP contribution in [0.15, 0.2) is 53.1 Å². The van der Waals surface area contributed by atoms with Gasteiger partial charge in [0.15, 0.2) is 0 Å². The third-order valence-corrected chi connectivity index (χ3v) is 4.43. The molecule has 0 aliphatic carbocycles. The lowest BCUT2D eigenvalue weighted by Gasteiger charge is -2.22. The van der Waals surface area contributed by atoms with Gasteiger partial charge in [0, 0.05) is 17.3 Å². The van der Waals surface area contributed by atoms with Crippen LogP contribution in [0, 0.1) is 6.92 Å². The normalized spacial score (nSPS) is 16.6. The summed E-state index contributed by atoms with van der Waals surface area (Å²) in [7, 11) is 0. The summed E-state index contributed by atoms with van der Waals surface area (Å²) in [5.74, 6) is 1.31. The van der Waals surface area contributed by atoms with Gasteiger partial charge in [0.25, 0.3) is 0 Å². The summed E-state index contributed by atoms with van der Waals surface area (Å²) in [6.07, 6.45) is 1.06. The van der Waals surface area contributed by atoms with E-state index in [1.54, 1.807) is 0 Å². The van der Waals surface area contributed by atoms with Gasteiger partial charge in [0.05, 0.1) is 6.54 Å². The van der Waals surface area contributed by atoms with Crippen LogP contribution in [0.5, 0.6) is 0 Å². The summed E-state index contributed by atoms with van der Waals surface area (Å²) >= 11 is 0. The van der Waals surface area contributed by atoms with Crippen LogP contribution >= 0.6 is 0 Å². The van der Waals surface area contributed by atoms with Crippen molar-refractivity contribution < 1.29 is 4.52 Å². The largest absolute Gasteiger partial charge is 0.359 e. The molecule has 4 nitrogen and oxygen atoms in total. The third-order valence-electron chi connectivity index (χ3n) is 4.43. The van der Waals surface area contributed by atoms with Crippen LogP contribution in [-0.4, -0.2) is 16.2 Å². The molecule has 0 bridgehead atoms. The molecule has 1 aromatic heterocycles. The second kappa shape index (κ2) is 5.54. The van der Waals surface area contributed by atoms with Gasteiger partial charge in [-0.25, -0.2) is 0 Å². The first-order chi connectivity index (χ1) is 11.2. The summed E-state index contributed by atoms with van der Waals surface area (Å²) in [6, 6.07) is 17.1. The molecule has 1 aliphatic heterocycles. The van der Waals surface area contributed by atoms with E-state index < -0.39 is 0 Å². The Balaban J connectivity index is 1.57. The van der Waals surface area contributed by atoms with E-state index in [1.807, 2.05) is 12.1 Å². The van der Waals surface area contributed by atoms with Crippen molar-refractivity contribution in [2.75, 3.05) is 4.90 Å². The number of aromatic nitrogens is 2. The van der Waals surface area contributed by atoms with Crippen molar-refractivity contribution in [2.24, 2.45) is 0 Å². The fraction of sp³-hybridized carbons (Fsp3) is 0.263. The molecule has 3 aromatic rings. The molecule has 0 amide bonds. The van der Waals surface area contributed by atoms with Gasteiger partial charge in [-0.15, -0.1) is 0 Å². The smallest absolute Gasteiger partial charge is 0.246 e. The fourth-order valence-corrected chi connectivity index (χ4v) is 3.16. The molecular weight excluding hydrogens is 286 g/mol. The van der Waals surface area contributed by atoms with Gasteiger partial charge in [-0.1, -0.05) is 53.2 Å². The van der Waals surface area contributed by atoms with E-state index in [1.165, 1.54) is 16.8 Å². The van der Waals surface area contributed by atoms with Crippen LogP contribution in [0.3, 0.4) is 0 Å². The van der Waals surface area contributed by atoms with Crippen molar-refractivity contribution in [1.29, 1.82) is 0 Å². The molecule has 1 atom stereocenters. The molecule has 23 heavy (non-hydrogen) atoms. The van der Waals surface area contributed by atoms with Crippen molar-refractivity contribution in [1.82, 2.24) is 10.1 Å². The zero-order chi connectivity index (χ0) is 15.8. The quantitative estimate of drug-likeness (QED) is 0.733. The first kappa shape index (κ1) is 14.0. The molecule has 2 aromatic carbocycles. The summed E-state index contributed by atoms with van der Waals surface area (Å²) in [5, 5.41) is 4.13. The van der Waals surface area contributed by atoms with E-state index in [9.17, 15) is 0 Å². The number of rotatable bonds is 3. The van der Waals surface area contributed by atoms with Crippen molar-refractivity contribution in [3.8, 4) is 11.4 Å². The maximum atomic E-state index is 5.47. The SMILES string of the molecule is Cc1ccc(-c2noc(CN3c4ccccc4C[C@@H]3C)n2)cc1. The molecule has 4 heteroatoms. The highest BCUT2D eigenvalue weighted by Gasteiger charge is 2.27. The summed E-state index contributed by atoms with van der Waals surface area (Å²) in [4.78, 5) is 6.90. The Kier molecular flexibility index (Phi) is 3.37. The van der Waals surface area contributed by atoms with Gasteiger partial charge in [-0.2, -0.15) is 4.98 Å². The maximum Gasteiger partial charge on any atom is 0.246 e. The average Bonchev–Trinajstić information content (AvgIpc) is 3.14. The lowest BCUT2D eigenvalue weighted by molar-refractivity contribution is 0.374. The Morgan fingerprint density at radius 1 is 1.13 bits per heavy atom. The van der Waals surface area contributed by atoms with Gasteiger partial charge < -0.3 is 9.42 Å². The van der Waals surface area contributed by atoms with Crippen LogP contribution < -0.4 is 4.90 Å². The third kappa shape index (κ3) is 2.61. The Bertz CT molecular complexity index is 823. The molecule has 0 N–H and O–H groups in total. The highest BCUT2D eigenvalue weighted by Crippen LogP contribution is 2.33. The molecule has 116 valence electrons. The zero-order valence-electron chi connectivity index (χ0n) is 13.4.